The molecule has 0 atom stereocenters. The van der Waals surface area contributed by atoms with Gasteiger partial charge < -0.3 is 10.1 Å². The molecule has 0 aliphatic rings. The van der Waals surface area contributed by atoms with Crippen LogP contribution < -0.4 is 10.1 Å². The van der Waals surface area contributed by atoms with Crippen LogP contribution in [0.3, 0.4) is 0 Å². The van der Waals surface area contributed by atoms with E-state index >= 15 is 0 Å². The second-order valence-corrected chi connectivity index (χ2v) is 6.85. The molecule has 100 valence electrons. The smallest absolute Gasteiger partial charge is 0.251 e. The van der Waals surface area contributed by atoms with E-state index in [9.17, 15) is 13.2 Å². The molecule has 5 nitrogen and oxygen atoms in total. The summed E-state index contributed by atoms with van der Waals surface area (Å²) in [5, 5.41) is 2.54. The summed E-state index contributed by atoms with van der Waals surface area (Å²) in [6.45, 7) is 0.0933. The molecule has 0 fully saturated rings. The molecule has 0 spiro atoms. The number of benzene rings is 1. The Bertz CT molecular complexity index is 542. The van der Waals surface area contributed by atoms with E-state index in [1.54, 1.807) is 18.2 Å². The van der Waals surface area contributed by atoms with Gasteiger partial charge in [0, 0.05) is 18.4 Å². The molecule has 0 saturated heterocycles. The van der Waals surface area contributed by atoms with Gasteiger partial charge in [0.1, 0.15) is 15.6 Å². The number of rotatable bonds is 5. The Balaban J connectivity index is 2.67. The number of methoxy groups -OCH3 is 1. The normalized spacial score (nSPS) is 11.1. The highest BCUT2D eigenvalue weighted by molar-refractivity contribution is 9.10. The van der Waals surface area contributed by atoms with Crippen molar-refractivity contribution in [3.63, 3.8) is 0 Å². The molecule has 0 saturated carbocycles. The van der Waals surface area contributed by atoms with Crippen LogP contribution in [0.4, 0.5) is 0 Å². The van der Waals surface area contributed by atoms with Crippen LogP contribution in [0.15, 0.2) is 22.7 Å². The quantitative estimate of drug-likeness (QED) is 0.878. The van der Waals surface area contributed by atoms with Crippen molar-refractivity contribution in [2.75, 3.05) is 25.7 Å². The van der Waals surface area contributed by atoms with Crippen LogP contribution in [-0.2, 0) is 9.84 Å². The fourth-order valence-electron chi connectivity index (χ4n) is 1.25. The third-order valence-corrected chi connectivity index (χ3v) is 3.77. The molecule has 0 aliphatic carbocycles. The largest absolute Gasteiger partial charge is 0.496 e. The van der Waals surface area contributed by atoms with Crippen LogP contribution in [0.5, 0.6) is 5.75 Å². The van der Waals surface area contributed by atoms with Crippen molar-refractivity contribution in [3.05, 3.63) is 28.2 Å². The van der Waals surface area contributed by atoms with Gasteiger partial charge in [0.2, 0.25) is 0 Å². The van der Waals surface area contributed by atoms with Crippen LogP contribution in [-0.4, -0.2) is 40.0 Å². The van der Waals surface area contributed by atoms with E-state index in [0.717, 1.165) is 10.7 Å². The highest BCUT2D eigenvalue weighted by Gasteiger charge is 2.09. The molecule has 0 aliphatic heterocycles. The van der Waals surface area contributed by atoms with Crippen LogP contribution in [0.25, 0.3) is 0 Å². The summed E-state index contributed by atoms with van der Waals surface area (Å²) in [7, 11) is -1.56. The summed E-state index contributed by atoms with van der Waals surface area (Å²) >= 11 is 3.28. The lowest BCUT2D eigenvalue weighted by Crippen LogP contribution is -2.28. The number of nitrogens with one attached hydrogen (secondary N) is 1. The van der Waals surface area contributed by atoms with Crippen molar-refractivity contribution >= 4 is 31.7 Å². The molecule has 7 heteroatoms. The van der Waals surface area contributed by atoms with Crippen LogP contribution in [0.2, 0.25) is 0 Å². The Hall–Kier alpha value is -1.08. The summed E-state index contributed by atoms with van der Waals surface area (Å²) in [5.41, 5.74) is 0.420. The highest BCUT2D eigenvalue weighted by atomic mass is 79.9. The van der Waals surface area contributed by atoms with E-state index in [-0.39, 0.29) is 18.2 Å². The zero-order valence-electron chi connectivity index (χ0n) is 10.1. The number of hydrogen-bond donors (Lipinski definition) is 1. The molecule has 1 amide bonds. The van der Waals surface area contributed by atoms with Gasteiger partial charge in [0.15, 0.2) is 0 Å². The number of halogens is 1. The van der Waals surface area contributed by atoms with Gasteiger partial charge in [0.05, 0.1) is 17.3 Å². The van der Waals surface area contributed by atoms with Gasteiger partial charge in [-0.15, -0.1) is 0 Å². The maximum Gasteiger partial charge on any atom is 0.251 e. The summed E-state index contributed by atoms with van der Waals surface area (Å²) in [4.78, 5) is 11.7. The Morgan fingerprint density at radius 1 is 1.44 bits per heavy atom. The molecule has 0 bridgehead atoms. The first-order valence-corrected chi connectivity index (χ1v) is 7.98. The second-order valence-electron chi connectivity index (χ2n) is 3.74. The average Bonchev–Trinajstić information content (AvgIpc) is 2.27. The van der Waals surface area contributed by atoms with E-state index in [2.05, 4.69) is 21.2 Å². The Kier molecular flexibility index (Phi) is 5.15. The third kappa shape index (κ3) is 4.66. The monoisotopic (exact) mass is 335 g/mol. The van der Waals surface area contributed by atoms with Crippen molar-refractivity contribution in [1.29, 1.82) is 0 Å². The molecular formula is C11H14BrNO4S. The molecular weight excluding hydrogens is 322 g/mol. The van der Waals surface area contributed by atoms with Gasteiger partial charge in [-0.3, -0.25) is 4.79 Å². The van der Waals surface area contributed by atoms with Crippen molar-refractivity contribution in [2.45, 2.75) is 0 Å². The van der Waals surface area contributed by atoms with E-state index < -0.39 is 9.84 Å². The molecule has 1 aromatic carbocycles. The molecule has 1 N–H and O–H groups in total. The fraction of sp³-hybridized carbons (Fsp3) is 0.364. The van der Waals surface area contributed by atoms with Crippen molar-refractivity contribution in [2.24, 2.45) is 0 Å². The zero-order valence-corrected chi connectivity index (χ0v) is 12.5. The lowest BCUT2D eigenvalue weighted by Gasteiger charge is -2.07. The minimum atomic E-state index is -3.07. The molecule has 0 unspecified atom stereocenters. The molecule has 0 heterocycles. The Morgan fingerprint density at radius 2 is 2.11 bits per heavy atom. The van der Waals surface area contributed by atoms with Gasteiger partial charge in [0.25, 0.3) is 5.91 Å². The van der Waals surface area contributed by atoms with E-state index in [1.165, 1.54) is 7.11 Å². The SMILES string of the molecule is COc1cc(C(=O)NCCS(C)(=O)=O)ccc1Br. The first kappa shape index (κ1) is 15.0. The minimum Gasteiger partial charge on any atom is -0.496 e. The molecule has 18 heavy (non-hydrogen) atoms. The van der Waals surface area contributed by atoms with Gasteiger partial charge in [-0.25, -0.2) is 8.42 Å². The standard InChI is InChI=1S/C11H14BrNO4S/c1-17-10-7-8(3-4-9(10)12)11(14)13-5-6-18(2,15)16/h3-4,7H,5-6H2,1-2H3,(H,13,14). The Labute approximate surface area is 115 Å². The predicted octanol–water partition coefficient (Wildman–Crippen LogP) is 1.23. The van der Waals surface area contributed by atoms with Crippen LogP contribution in [0, 0.1) is 0 Å². The highest BCUT2D eigenvalue weighted by Crippen LogP contribution is 2.25. The summed E-state index contributed by atoms with van der Waals surface area (Å²) in [6, 6.07) is 4.91. The van der Waals surface area contributed by atoms with Gasteiger partial charge >= 0.3 is 0 Å². The molecule has 1 aromatic rings. The van der Waals surface area contributed by atoms with E-state index in [0.29, 0.717) is 11.3 Å². The predicted molar refractivity (Wildman–Crippen MR) is 72.7 cm³/mol. The lowest BCUT2D eigenvalue weighted by molar-refractivity contribution is 0.0956. The maximum absolute atomic E-state index is 11.7. The van der Waals surface area contributed by atoms with Gasteiger partial charge in [-0.05, 0) is 34.1 Å². The van der Waals surface area contributed by atoms with Crippen molar-refractivity contribution in [1.82, 2.24) is 5.32 Å². The van der Waals surface area contributed by atoms with Gasteiger partial charge in [-0.2, -0.15) is 0 Å². The fourth-order valence-corrected chi connectivity index (χ4v) is 2.13. The number of hydrogen-bond acceptors (Lipinski definition) is 4. The summed E-state index contributed by atoms with van der Waals surface area (Å²) in [6.07, 6.45) is 1.13. The van der Waals surface area contributed by atoms with Crippen molar-refractivity contribution in [3.8, 4) is 5.75 Å². The lowest BCUT2D eigenvalue weighted by atomic mass is 10.2. The number of carbonyl (C=O) groups is 1. The number of ether oxygens (including phenoxy) is 1. The minimum absolute atomic E-state index is 0.0770. The molecule has 0 aromatic heterocycles. The van der Waals surface area contributed by atoms with Crippen LogP contribution >= 0.6 is 15.9 Å². The summed E-state index contributed by atoms with van der Waals surface area (Å²) < 4.78 is 27.7. The number of carbonyl (C=O) groups excluding carboxylic acids is 1. The summed E-state index contributed by atoms with van der Waals surface area (Å²) in [5.74, 6) is 0.141. The average molecular weight is 336 g/mol. The molecule has 0 radical (unpaired) electrons. The van der Waals surface area contributed by atoms with Crippen LogP contribution in [0.1, 0.15) is 10.4 Å². The third-order valence-electron chi connectivity index (χ3n) is 2.17. The zero-order chi connectivity index (χ0) is 13.8. The Morgan fingerprint density at radius 3 is 2.67 bits per heavy atom. The maximum atomic E-state index is 11.7. The van der Waals surface area contributed by atoms with Crippen molar-refractivity contribution < 1.29 is 17.9 Å². The first-order valence-electron chi connectivity index (χ1n) is 5.13. The van der Waals surface area contributed by atoms with E-state index in [4.69, 9.17) is 4.74 Å². The number of sulfone groups is 1. The first-order chi connectivity index (χ1) is 8.33. The number of amides is 1. The second kappa shape index (κ2) is 6.19. The van der Waals surface area contributed by atoms with E-state index in [1.807, 2.05) is 0 Å². The topological polar surface area (TPSA) is 72.5 Å². The van der Waals surface area contributed by atoms with Gasteiger partial charge in [-0.1, -0.05) is 0 Å². The molecule has 1 rings (SSSR count).